The third kappa shape index (κ3) is 2.40. The van der Waals surface area contributed by atoms with Crippen LogP contribution in [0.1, 0.15) is 32.3 Å². The van der Waals surface area contributed by atoms with E-state index in [1.54, 1.807) is 13.0 Å². The summed E-state index contributed by atoms with van der Waals surface area (Å²) in [6, 6.07) is 3.22. The number of hydrogen-bond acceptors (Lipinski definition) is 2. The van der Waals surface area contributed by atoms with Crippen LogP contribution in [0, 0.1) is 12.7 Å². The lowest BCUT2D eigenvalue weighted by atomic mass is 10.0. The van der Waals surface area contributed by atoms with E-state index in [2.05, 4.69) is 5.32 Å². The minimum atomic E-state index is -0.533. The lowest BCUT2D eigenvalue weighted by Crippen LogP contribution is -2.63. The average Bonchev–Trinajstić information content (AvgIpc) is 2.41. The Kier molecular flexibility index (Phi) is 4.06. The van der Waals surface area contributed by atoms with E-state index in [0.717, 1.165) is 0 Å². The summed E-state index contributed by atoms with van der Waals surface area (Å²) in [6.07, 6.45) is 1.06. The van der Waals surface area contributed by atoms with Crippen LogP contribution in [0.15, 0.2) is 18.2 Å². The van der Waals surface area contributed by atoms with E-state index in [1.807, 2.05) is 13.8 Å². The number of carbonyl (C=O) groups is 2. The molecule has 4 nitrogen and oxygen atoms in total. The summed E-state index contributed by atoms with van der Waals surface area (Å²) in [5, 5.41) is 2.74. The third-order valence-corrected chi connectivity index (χ3v) is 3.68. The van der Waals surface area contributed by atoms with Crippen molar-refractivity contribution >= 4 is 17.5 Å². The van der Waals surface area contributed by atoms with Gasteiger partial charge in [-0.1, -0.05) is 13.8 Å². The van der Waals surface area contributed by atoms with Crippen molar-refractivity contribution in [1.82, 2.24) is 5.32 Å². The summed E-state index contributed by atoms with van der Waals surface area (Å²) >= 11 is 0. The Bertz CT molecular complexity index is 545. The normalized spacial score (nSPS) is 22.9. The van der Waals surface area contributed by atoms with Crippen molar-refractivity contribution < 1.29 is 14.0 Å². The van der Waals surface area contributed by atoms with E-state index in [4.69, 9.17) is 0 Å². The fourth-order valence-electron chi connectivity index (χ4n) is 2.59. The van der Waals surface area contributed by atoms with E-state index >= 15 is 0 Å². The predicted molar refractivity (Wildman–Crippen MR) is 74.9 cm³/mol. The van der Waals surface area contributed by atoms with E-state index in [9.17, 15) is 14.0 Å². The number of nitrogens with zero attached hydrogens (tertiary/aromatic N) is 1. The highest BCUT2D eigenvalue weighted by Gasteiger charge is 2.40. The van der Waals surface area contributed by atoms with Crippen LogP contribution < -0.4 is 10.2 Å². The third-order valence-electron chi connectivity index (χ3n) is 3.68. The Morgan fingerprint density at radius 3 is 2.50 bits per heavy atom. The first-order valence-corrected chi connectivity index (χ1v) is 6.89. The molecule has 2 atom stereocenters. The number of carbonyl (C=O) groups excluding carboxylic acids is 2. The Morgan fingerprint density at radius 2 is 1.95 bits per heavy atom. The van der Waals surface area contributed by atoms with Crippen LogP contribution in [0.25, 0.3) is 0 Å². The minimum Gasteiger partial charge on any atom is -0.342 e. The summed E-state index contributed by atoms with van der Waals surface area (Å²) in [5.41, 5.74) is 1.26. The van der Waals surface area contributed by atoms with E-state index in [0.29, 0.717) is 24.1 Å². The van der Waals surface area contributed by atoms with Gasteiger partial charge in [0.15, 0.2) is 0 Å². The summed E-state index contributed by atoms with van der Waals surface area (Å²) in [6.45, 7) is 5.45. The van der Waals surface area contributed by atoms with Gasteiger partial charge in [-0.3, -0.25) is 14.5 Å². The molecular formula is C15H19FN2O2. The van der Waals surface area contributed by atoms with Gasteiger partial charge in [-0.15, -0.1) is 0 Å². The summed E-state index contributed by atoms with van der Waals surface area (Å²) < 4.78 is 13.2. The largest absolute Gasteiger partial charge is 0.342 e. The number of halogens is 1. The molecule has 5 heteroatoms. The maximum absolute atomic E-state index is 13.2. The Labute approximate surface area is 118 Å². The number of hydrogen-bond donors (Lipinski definition) is 1. The van der Waals surface area contributed by atoms with Crippen molar-refractivity contribution in [3.63, 3.8) is 0 Å². The molecule has 0 aliphatic carbocycles. The first-order valence-electron chi connectivity index (χ1n) is 6.89. The van der Waals surface area contributed by atoms with Gasteiger partial charge in [0.05, 0.1) is 0 Å². The maximum atomic E-state index is 13.2. The number of aryl methyl sites for hydroxylation is 1. The van der Waals surface area contributed by atoms with Gasteiger partial charge in [-0.2, -0.15) is 0 Å². The molecule has 0 radical (unpaired) electrons. The molecule has 108 valence electrons. The fraction of sp³-hybridized carbons (Fsp3) is 0.467. The second kappa shape index (κ2) is 5.61. The van der Waals surface area contributed by atoms with E-state index in [-0.39, 0.29) is 17.6 Å². The number of anilines is 1. The van der Waals surface area contributed by atoms with Gasteiger partial charge in [0.25, 0.3) is 0 Å². The highest BCUT2D eigenvalue weighted by atomic mass is 19.1. The van der Waals surface area contributed by atoms with Crippen LogP contribution in [0.2, 0.25) is 0 Å². The Hall–Kier alpha value is -1.91. The van der Waals surface area contributed by atoms with Gasteiger partial charge < -0.3 is 5.32 Å². The van der Waals surface area contributed by atoms with Gasteiger partial charge in [0, 0.05) is 5.69 Å². The predicted octanol–water partition coefficient (Wildman–Crippen LogP) is 2.15. The monoisotopic (exact) mass is 278 g/mol. The molecule has 1 aromatic rings. The second-order valence-corrected chi connectivity index (χ2v) is 5.03. The smallest absolute Gasteiger partial charge is 0.250 e. The molecule has 2 rings (SSSR count). The minimum absolute atomic E-state index is 0.131. The summed E-state index contributed by atoms with van der Waals surface area (Å²) in [7, 11) is 0. The van der Waals surface area contributed by atoms with Gasteiger partial charge >= 0.3 is 0 Å². The lowest BCUT2D eigenvalue weighted by molar-refractivity contribution is -0.134. The first kappa shape index (κ1) is 14.5. The molecule has 0 spiro atoms. The van der Waals surface area contributed by atoms with Crippen molar-refractivity contribution in [3.8, 4) is 0 Å². The van der Waals surface area contributed by atoms with Crippen LogP contribution >= 0.6 is 0 Å². The molecule has 2 amide bonds. The van der Waals surface area contributed by atoms with Crippen LogP contribution in [0.3, 0.4) is 0 Å². The molecule has 0 bridgehead atoms. The van der Waals surface area contributed by atoms with E-state index in [1.165, 1.54) is 17.0 Å². The van der Waals surface area contributed by atoms with Crippen LogP contribution in [-0.2, 0) is 9.59 Å². The number of benzene rings is 1. The molecular weight excluding hydrogens is 259 g/mol. The standard InChI is InChI=1S/C15H19FN2O2/c1-4-11-15(20)18(12(5-2)14(19)17-11)13-7-6-10(16)8-9(13)3/h6-8,11-12H,4-5H2,1-3H3,(H,17,19). The number of amides is 2. The van der Waals surface area contributed by atoms with Crippen LogP contribution in [-0.4, -0.2) is 23.9 Å². The molecule has 1 heterocycles. The number of rotatable bonds is 3. The fourth-order valence-corrected chi connectivity index (χ4v) is 2.59. The molecule has 1 saturated heterocycles. The zero-order valence-corrected chi connectivity index (χ0v) is 11.9. The number of piperazine rings is 1. The zero-order chi connectivity index (χ0) is 14.9. The molecule has 1 aliphatic heterocycles. The van der Waals surface area contributed by atoms with Gasteiger partial charge in [-0.05, 0) is 43.5 Å². The van der Waals surface area contributed by atoms with Crippen LogP contribution in [0.4, 0.5) is 10.1 Å². The summed E-state index contributed by atoms with van der Waals surface area (Å²) in [4.78, 5) is 26.2. The molecule has 20 heavy (non-hydrogen) atoms. The molecule has 1 N–H and O–H groups in total. The Morgan fingerprint density at radius 1 is 1.25 bits per heavy atom. The average molecular weight is 278 g/mol. The second-order valence-electron chi connectivity index (χ2n) is 5.03. The Balaban J connectivity index is 2.47. The number of nitrogens with one attached hydrogen (secondary N) is 1. The van der Waals surface area contributed by atoms with Gasteiger partial charge in [0.1, 0.15) is 17.9 Å². The highest BCUT2D eigenvalue weighted by molar-refractivity contribution is 6.08. The lowest BCUT2D eigenvalue weighted by Gasteiger charge is -2.39. The topological polar surface area (TPSA) is 49.4 Å². The van der Waals surface area contributed by atoms with Crippen molar-refractivity contribution in [2.24, 2.45) is 0 Å². The van der Waals surface area contributed by atoms with Crippen molar-refractivity contribution in [1.29, 1.82) is 0 Å². The molecule has 2 unspecified atom stereocenters. The van der Waals surface area contributed by atoms with Crippen molar-refractivity contribution in [2.45, 2.75) is 45.7 Å². The molecule has 1 aliphatic rings. The van der Waals surface area contributed by atoms with E-state index < -0.39 is 12.1 Å². The first-order chi connectivity index (χ1) is 9.49. The van der Waals surface area contributed by atoms with Crippen molar-refractivity contribution in [2.75, 3.05) is 4.90 Å². The highest BCUT2D eigenvalue weighted by Crippen LogP contribution is 2.27. The molecule has 1 fully saturated rings. The molecule has 1 aromatic carbocycles. The SMILES string of the molecule is CCC1NC(=O)C(CC)N(c2ccc(F)cc2C)C1=O. The van der Waals surface area contributed by atoms with Crippen molar-refractivity contribution in [3.05, 3.63) is 29.6 Å². The zero-order valence-electron chi connectivity index (χ0n) is 11.9. The maximum Gasteiger partial charge on any atom is 0.250 e. The van der Waals surface area contributed by atoms with Crippen LogP contribution in [0.5, 0.6) is 0 Å². The quantitative estimate of drug-likeness (QED) is 0.921. The van der Waals surface area contributed by atoms with Gasteiger partial charge in [-0.25, -0.2) is 4.39 Å². The van der Waals surface area contributed by atoms with Gasteiger partial charge in [0.2, 0.25) is 11.8 Å². The molecule has 0 saturated carbocycles. The molecule has 0 aromatic heterocycles. The summed E-state index contributed by atoms with van der Waals surface area (Å²) in [5.74, 6) is -0.628.